The fraction of sp³-hybridized carbons (Fsp3) is 0.0909. The van der Waals surface area contributed by atoms with Crippen molar-refractivity contribution < 1.29 is 23.4 Å². The van der Waals surface area contributed by atoms with Crippen LogP contribution in [-0.2, 0) is 14.8 Å². The number of phenolic OH excluding ortho intramolecular Hbond substituents is 2. The predicted octanol–water partition coefficient (Wildman–Crippen LogP) is 3.41. The second-order valence-electron chi connectivity index (χ2n) is 6.77. The van der Waals surface area contributed by atoms with Crippen LogP contribution in [0.4, 0.5) is 5.69 Å². The largest absolute Gasteiger partial charge is 0.504 e. The molecule has 1 amide bonds. The predicted molar refractivity (Wildman–Crippen MR) is 123 cm³/mol. The Labute approximate surface area is 190 Å². The average Bonchev–Trinajstić information content (AvgIpc) is 2.77. The maximum atomic E-state index is 13.2. The average molecular weight is 474 g/mol. The van der Waals surface area contributed by atoms with E-state index in [1.807, 2.05) is 0 Å². The first-order valence-electron chi connectivity index (χ1n) is 9.37. The fourth-order valence-corrected chi connectivity index (χ4v) is 4.37. The molecule has 3 rings (SSSR count). The Hall–Kier alpha value is -3.56. The molecule has 0 heterocycles. The molecule has 166 valence electrons. The van der Waals surface area contributed by atoms with Gasteiger partial charge in [-0.25, -0.2) is 13.8 Å². The molecular formula is C22H20ClN3O5S. The van der Waals surface area contributed by atoms with Crippen molar-refractivity contribution in [1.29, 1.82) is 0 Å². The van der Waals surface area contributed by atoms with Crippen molar-refractivity contribution in [3.8, 4) is 11.5 Å². The molecule has 0 bridgehead atoms. The second-order valence-corrected chi connectivity index (χ2v) is 9.04. The summed E-state index contributed by atoms with van der Waals surface area (Å²) in [7, 11) is -4.08. The topological polar surface area (TPSA) is 119 Å². The van der Waals surface area contributed by atoms with Gasteiger partial charge >= 0.3 is 0 Å². The van der Waals surface area contributed by atoms with Crippen molar-refractivity contribution in [2.45, 2.75) is 11.8 Å². The summed E-state index contributed by atoms with van der Waals surface area (Å²) in [4.78, 5) is 12.5. The summed E-state index contributed by atoms with van der Waals surface area (Å²) in [5.74, 6) is -1.46. The number of hydrogen-bond acceptors (Lipinski definition) is 6. The molecule has 10 heteroatoms. The Balaban J connectivity index is 1.87. The van der Waals surface area contributed by atoms with Gasteiger partial charge in [-0.2, -0.15) is 5.10 Å². The first-order valence-corrected chi connectivity index (χ1v) is 11.2. The molecule has 0 unspecified atom stereocenters. The molecule has 0 aliphatic carbocycles. The molecule has 0 aliphatic rings. The standard InChI is InChI=1S/C22H20ClN3O5S/c1-15-10-11-17(12-19(15)23)26(32(30,31)18-7-3-2-4-8-18)14-21(28)25-24-13-16-6-5-9-20(27)22(16)29/h2-13,27,29H,14H2,1H3,(H,25,28)/b24-13+. The Bertz CT molecular complexity index is 1260. The van der Waals surface area contributed by atoms with E-state index in [-0.39, 0.29) is 21.9 Å². The number of nitrogens with one attached hydrogen (secondary N) is 1. The maximum Gasteiger partial charge on any atom is 0.264 e. The number of carbonyl (C=O) groups excluding carboxylic acids is 1. The highest BCUT2D eigenvalue weighted by atomic mass is 35.5. The number of sulfonamides is 1. The number of hydrazone groups is 1. The molecule has 8 nitrogen and oxygen atoms in total. The Kier molecular flexibility index (Phi) is 7.01. The molecule has 0 spiro atoms. The Morgan fingerprint density at radius 1 is 1.09 bits per heavy atom. The smallest absolute Gasteiger partial charge is 0.264 e. The van der Waals surface area contributed by atoms with Crippen LogP contribution in [-0.4, -0.2) is 37.3 Å². The number of nitrogens with zero attached hydrogens (tertiary/aromatic N) is 2. The monoisotopic (exact) mass is 473 g/mol. The number of aromatic hydroxyl groups is 2. The van der Waals surface area contributed by atoms with Crippen molar-refractivity contribution >= 4 is 39.4 Å². The summed E-state index contributed by atoms with van der Waals surface area (Å²) in [5.41, 5.74) is 3.37. The zero-order chi connectivity index (χ0) is 23.3. The molecule has 32 heavy (non-hydrogen) atoms. The van der Waals surface area contributed by atoms with E-state index in [4.69, 9.17) is 11.6 Å². The van der Waals surface area contributed by atoms with E-state index in [1.165, 1.54) is 36.4 Å². The van der Waals surface area contributed by atoms with Crippen LogP contribution in [0.25, 0.3) is 0 Å². The number of benzene rings is 3. The lowest BCUT2D eigenvalue weighted by molar-refractivity contribution is -0.119. The number of halogens is 1. The number of amides is 1. The van der Waals surface area contributed by atoms with E-state index >= 15 is 0 Å². The van der Waals surface area contributed by atoms with E-state index < -0.39 is 28.2 Å². The molecule has 3 N–H and O–H groups in total. The fourth-order valence-electron chi connectivity index (χ4n) is 2.76. The lowest BCUT2D eigenvalue weighted by Gasteiger charge is -2.24. The Morgan fingerprint density at radius 2 is 1.81 bits per heavy atom. The van der Waals surface area contributed by atoms with Crippen molar-refractivity contribution in [2.24, 2.45) is 5.10 Å². The van der Waals surface area contributed by atoms with Gasteiger partial charge in [-0.15, -0.1) is 0 Å². The van der Waals surface area contributed by atoms with Gasteiger partial charge in [0.1, 0.15) is 6.54 Å². The van der Waals surface area contributed by atoms with Crippen LogP contribution in [0.15, 0.2) is 76.7 Å². The molecule has 0 radical (unpaired) electrons. The highest BCUT2D eigenvalue weighted by molar-refractivity contribution is 7.92. The van der Waals surface area contributed by atoms with Gasteiger partial charge in [0, 0.05) is 10.6 Å². The maximum absolute atomic E-state index is 13.2. The zero-order valence-corrected chi connectivity index (χ0v) is 18.5. The van der Waals surface area contributed by atoms with E-state index in [9.17, 15) is 23.4 Å². The lowest BCUT2D eigenvalue weighted by Crippen LogP contribution is -2.39. The van der Waals surface area contributed by atoms with Crippen LogP contribution in [0.2, 0.25) is 5.02 Å². The minimum Gasteiger partial charge on any atom is -0.504 e. The van der Waals surface area contributed by atoms with E-state index in [1.54, 1.807) is 37.3 Å². The number of aryl methyl sites for hydroxylation is 1. The van der Waals surface area contributed by atoms with Gasteiger partial charge in [0.2, 0.25) is 0 Å². The molecule has 3 aromatic rings. The molecule has 0 fully saturated rings. The molecular weight excluding hydrogens is 454 g/mol. The molecule has 0 aromatic heterocycles. The summed E-state index contributed by atoms with van der Waals surface area (Å²) in [5, 5.41) is 23.4. The first kappa shape index (κ1) is 23.1. The van der Waals surface area contributed by atoms with Gasteiger partial charge in [0.05, 0.1) is 16.8 Å². The van der Waals surface area contributed by atoms with Gasteiger partial charge in [-0.05, 0) is 48.9 Å². The molecule has 0 aliphatic heterocycles. The van der Waals surface area contributed by atoms with Crippen LogP contribution in [0.3, 0.4) is 0 Å². The quantitative estimate of drug-likeness (QED) is 0.276. The number of hydrogen-bond donors (Lipinski definition) is 3. The molecule has 0 saturated heterocycles. The van der Waals surface area contributed by atoms with Crippen molar-refractivity contribution in [3.63, 3.8) is 0 Å². The van der Waals surface area contributed by atoms with Crippen LogP contribution >= 0.6 is 11.6 Å². The second kappa shape index (κ2) is 9.71. The summed E-state index contributed by atoms with van der Waals surface area (Å²) in [6.45, 7) is 1.21. The summed E-state index contributed by atoms with van der Waals surface area (Å²) >= 11 is 6.18. The minimum absolute atomic E-state index is 0.0117. The highest BCUT2D eigenvalue weighted by Gasteiger charge is 2.27. The van der Waals surface area contributed by atoms with E-state index in [0.29, 0.717) is 5.02 Å². The first-order chi connectivity index (χ1) is 15.2. The van der Waals surface area contributed by atoms with Crippen molar-refractivity contribution in [3.05, 3.63) is 82.9 Å². The van der Waals surface area contributed by atoms with E-state index in [0.717, 1.165) is 16.1 Å². The van der Waals surface area contributed by atoms with Crippen molar-refractivity contribution in [1.82, 2.24) is 5.43 Å². The van der Waals surface area contributed by atoms with Gasteiger partial charge < -0.3 is 10.2 Å². The van der Waals surface area contributed by atoms with Gasteiger partial charge in [0.15, 0.2) is 11.5 Å². The number of para-hydroxylation sites is 1. The third-order valence-corrected chi connectivity index (χ3v) is 6.70. The third kappa shape index (κ3) is 5.19. The molecule has 0 atom stereocenters. The van der Waals surface area contributed by atoms with Crippen LogP contribution in [0, 0.1) is 6.92 Å². The summed E-state index contributed by atoms with van der Waals surface area (Å²) < 4.78 is 27.4. The van der Waals surface area contributed by atoms with Crippen LogP contribution in [0.5, 0.6) is 11.5 Å². The van der Waals surface area contributed by atoms with Gasteiger partial charge in [0.25, 0.3) is 15.9 Å². The van der Waals surface area contributed by atoms with Gasteiger partial charge in [-0.1, -0.05) is 41.9 Å². The number of carbonyl (C=O) groups is 1. The SMILES string of the molecule is Cc1ccc(N(CC(=O)N/N=C/c2cccc(O)c2O)S(=O)(=O)c2ccccc2)cc1Cl. The Morgan fingerprint density at radius 3 is 2.50 bits per heavy atom. The molecule has 3 aromatic carbocycles. The number of anilines is 1. The molecule has 0 saturated carbocycles. The number of phenols is 2. The van der Waals surface area contributed by atoms with Crippen LogP contribution < -0.4 is 9.73 Å². The van der Waals surface area contributed by atoms with Gasteiger partial charge in [-0.3, -0.25) is 9.10 Å². The lowest BCUT2D eigenvalue weighted by atomic mass is 10.2. The number of rotatable bonds is 7. The van der Waals surface area contributed by atoms with Crippen molar-refractivity contribution in [2.75, 3.05) is 10.8 Å². The zero-order valence-electron chi connectivity index (χ0n) is 16.9. The minimum atomic E-state index is -4.08. The third-order valence-electron chi connectivity index (χ3n) is 4.50. The normalized spacial score (nSPS) is 11.4. The highest BCUT2D eigenvalue weighted by Crippen LogP contribution is 2.28. The van der Waals surface area contributed by atoms with E-state index in [2.05, 4.69) is 10.5 Å². The summed E-state index contributed by atoms with van der Waals surface area (Å²) in [6.07, 6.45) is 1.13. The summed E-state index contributed by atoms with van der Waals surface area (Å²) in [6, 6.07) is 16.7. The van der Waals surface area contributed by atoms with Crippen LogP contribution in [0.1, 0.15) is 11.1 Å².